The van der Waals surface area contributed by atoms with Crippen LogP contribution >= 0.6 is 11.8 Å². The zero-order valence-corrected chi connectivity index (χ0v) is 12.6. The van der Waals surface area contributed by atoms with E-state index in [-0.39, 0.29) is 18.6 Å². The molecule has 1 saturated heterocycles. The SMILES string of the molecule is CCOC(=O)CNC(=O)c1ccc(OC2CCSC2)nc1. The smallest absolute Gasteiger partial charge is 0.325 e. The molecule has 1 N–H and O–H groups in total. The van der Waals surface area contributed by atoms with Gasteiger partial charge in [-0.05, 0) is 25.2 Å². The predicted molar refractivity (Wildman–Crippen MR) is 79.6 cm³/mol. The third kappa shape index (κ3) is 4.93. The van der Waals surface area contributed by atoms with Crippen LogP contribution in [-0.2, 0) is 9.53 Å². The van der Waals surface area contributed by atoms with Crippen LogP contribution in [0.5, 0.6) is 5.88 Å². The normalized spacial score (nSPS) is 17.3. The molecule has 114 valence electrons. The van der Waals surface area contributed by atoms with Crippen LogP contribution in [0.3, 0.4) is 0 Å². The molecule has 0 radical (unpaired) electrons. The number of esters is 1. The summed E-state index contributed by atoms with van der Waals surface area (Å²) < 4.78 is 10.4. The number of thioether (sulfide) groups is 1. The highest BCUT2D eigenvalue weighted by Crippen LogP contribution is 2.21. The van der Waals surface area contributed by atoms with Crippen molar-refractivity contribution in [1.29, 1.82) is 0 Å². The molecule has 1 atom stereocenters. The van der Waals surface area contributed by atoms with Crippen LogP contribution in [0.25, 0.3) is 0 Å². The third-order valence-electron chi connectivity index (χ3n) is 2.87. The summed E-state index contributed by atoms with van der Waals surface area (Å²) in [5, 5.41) is 2.48. The van der Waals surface area contributed by atoms with Crippen LogP contribution in [0, 0.1) is 0 Å². The van der Waals surface area contributed by atoms with E-state index in [1.54, 1.807) is 19.1 Å². The molecule has 0 spiro atoms. The average Bonchev–Trinajstić information content (AvgIpc) is 2.99. The molecule has 1 amide bonds. The topological polar surface area (TPSA) is 77.5 Å². The number of aromatic nitrogens is 1. The Morgan fingerprint density at radius 3 is 2.95 bits per heavy atom. The van der Waals surface area contributed by atoms with Gasteiger partial charge in [0.15, 0.2) is 0 Å². The second kappa shape index (κ2) is 7.87. The lowest BCUT2D eigenvalue weighted by molar-refractivity contribution is -0.141. The minimum Gasteiger partial charge on any atom is -0.473 e. The van der Waals surface area contributed by atoms with Crippen LogP contribution in [0.4, 0.5) is 0 Å². The highest BCUT2D eigenvalue weighted by atomic mass is 32.2. The van der Waals surface area contributed by atoms with Gasteiger partial charge in [0.05, 0.1) is 12.2 Å². The van der Waals surface area contributed by atoms with Gasteiger partial charge in [0.1, 0.15) is 12.6 Å². The van der Waals surface area contributed by atoms with Crippen molar-refractivity contribution in [2.75, 3.05) is 24.7 Å². The summed E-state index contributed by atoms with van der Waals surface area (Å²) in [6.07, 6.45) is 2.66. The molecule has 2 heterocycles. The molecular weight excluding hydrogens is 292 g/mol. The first-order valence-electron chi connectivity index (χ1n) is 6.83. The number of pyridine rings is 1. The van der Waals surface area contributed by atoms with E-state index in [4.69, 9.17) is 9.47 Å². The van der Waals surface area contributed by atoms with Gasteiger partial charge in [0, 0.05) is 18.0 Å². The number of amides is 1. The van der Waals surface area contributed by atoms with Crippen molar-refractivity contribution in [2.24, 2.45) is 0 Å². The van der Waals surface area contributed by atoms with Gasteiger partial charge < -0.3 is 14.8 Å². The zero-order valence-electron chi connectivity index (χ0n) is 11.8. The molecule has 1 aliphatic rings. The van der Waals surface area contributed by atoms with E-state index in [0.717, 1.165) is 17.9 Å². The third-order valence-corrected chi connectivity index (χ3v) is 4.00. The first kappa shape index (κ1) is 15.6. The number of hydrogen-bond donors (Lipinski definition) is 1. The molecule has 0 aliphatic carbocycles. The molecule has 0 aromatic carbocycles. The lowest BCUT2D eigenvalue weighted by atomic mass is 10.2. The monoisotopic (exact) mass is 310 g/mol. The van der Waals surface area contributed by atoms with E-state index in [1.807, 2.05) is 11.8 Å². The lowest BCUT2D eigenvalue weighted by Gasteiger charge is -2.11. The van der Waals surface area contributed by atoms with E-state index >= 15 is 0 Å². The molecule has 6 nitrogen and oxygen atoms in total. The summed E-state index contributed by atoms with van der Waals surface area (Å²) in [5.74, 6) is 1.78. The molecule has 0 bridgehead atoms. The molecule has 7 heteroatoms. The summed E-state index contributed by atoms with van der Waals surface area (Å²) in [6, 6.07) is 3.30. The van der Waals surface area contributed by atoms with Crippen molar-refractivity contribution in [3.05, 3.63) is 23.9 Å². The molecule has 0 saturated carbocycles. The standard InChI is InChI=1S/C14H18N2O4S/c1-2-19-13(17)8-16-14(18)10-3-4-12(15-7-10)20-11-5-6-21-9-11/h3-4,7,11H,2,5-6,8-9H2,1H3,(H,16,18). The quantitative estimate of drug-likeness (QED) is 0.797. The Kier molecular flexibility index (Phi) is 5.86. The van der Waals surface area contributed by atoms with Gasteiger partial charge in [-0.1, -0.05) is 0 Å². The fraction of sp³-hybridized carbons (Fsp3) is 0.500. The molecule has 1 aromatic rings. The van der Waals surface area contributed by atoms with Crippen molar-refractivity contribution in [3.63, 3.8) is 0 Å². The second-order valence-corrected chi connectivity index (χ2v) is 5.63. The Hall–Kier alpha value is -1.76. The second-order valence-electron chi connectivity index (χ2n) is 4.48. The number of nitrogens with one attached hydrogen (secondary N) is 1. The summed E-state index contributed by atoms with van der Waals surface area (Å²) in [6.45, 7) is 1.86. The van der Waals surface area contributed by atoms with Gasteiger partial charge in [-0.3, -0.25) is 9.59 Å². The number of ether oxygens (including phenoxy) is 2. The Bertz CT molecular complexity index is 486. The minimum absolute atomic E-state index is 0.149. The van der Waals surface area contributed by atoms with Crippen LogP contribution in [0.1, 0.15) is 23.7 Å². The first-order chi connectivity index (χ1) is 10.2. The Labute approximate surface area is 127 Å². The highest BCUT2D eigenvalue weighted by Gasteiger charge is 2.17. The van der Waals surface area contributed by atoms with E-state index in [0.29, 0.717) is 18.1 Å². The number of hydrogen-bond acceptors (Lipinski definition) is 6. The van der Waals surface area contributed by atoms with Crippen LogP contribution in [0.15, 0.2) is 18.3 Å². The largest absolute Gasteiger partial charge is 0.473 e. The van der Waals surface area contributed by atoms with Crippen molar-refractivity contribution >= 4 is 23.6 Å². The van der Waals surface area contributed by atoms with E-state index in [2.05, 4.69) is 10.3 Å². The summed E-state index contributed by atoms with van der Waals surface area (Å²) in [5.41, 5.74) is 0.382. The maximum Gasteiger partial charge on any atom is 0.325 e. The number of carbonyl (C=O) groups is 2. The summed E-state index contributed by atoms with van der Waals surface area (Å²) in [7, 11) is 0. The summed E-state index contributed by atoms with van der Waals surface area (Å²) >= 11 is 1.86. The first-order valence-corrected chi connectivity index (χ1v) is 7.98. The molecule has 1 aromatic heterocycles. The average molecular weight is 310 g/mol. The maximum atomic E-state index is 11.8. The molecule has 1 fully saturated rings. The van der Waals surface area contributed by atoms with Gasteiger partial charge in [-0.2, -0.15) is 11.8 Å². The minimum atomic E-state index is -0.461. The maximum absolute atomic E-state index is 11.8. The van der Waals surface area contributed by atoms with Crippen LogP contribution in [-0.4, -0.2) is 47.6 Å². The number of carbonyl (C=O) groups excluding carboxylic acids is 2. The van der Waals surface area contributed by atoms with E-state index in [1.165, 1.54) is 6.20 Å². The highest BCUT2D eigenvalue weighted by molar-refractivity contribution is 7.99. The molecule has 21 heavy (non-hydrogen) atoms. The number of rotatable bonds is 6. The number of nitrogens with zero attached hydrogens (tertiary/aromatic N) is 1. The van der Waals surface area contributed by atoms with Gasteiger partial charge >= 0.3 is 5.97 Å². The molecule has 1 unspecified atom stereocenters. The Morgan fingerprint density at radius 1 is 1.48 bits per heavy atom. The predicted octanol–water partition coefficient (Wildman–Crippen LogP) is 1.26. The fourth-order valence-electron chi connectivity index (χ4n) is 1.83. The van der Waals surface area contributed by atoms with Gasteiger partial charge in [-0.25, -0.2) is 4.98 Å². The Morgan fingerprint density at radius 2 is 2.33 bits per heavy atom. The summed E-state index contributed by atoms with van der Waals surface area (Å²) in [4.78, 5) is 27.1. The molecule has 1 aliphatic heterocycles. The van der Waals surface area contributed by atoms with Crippen molar-refractivity contribution < 1.29 is 19.1 Å². The fourth-order valence-corrected chi connectivity index (χ4v) is 2.92. The molecule has 2 rings (SSSR count). The van der Waals surface area contributed by atoms with Crippen molar-refractivity contribution in [2.45, 2.75) is 19.4 Å². The van der Waals surface area contributed by atoms with E-state index < -0.39 is 5.97 Å². The zero-order chi connectivity index (χ0) is 15.1. The van der Waals surface area contributed by atoms with Crippen LogP contribution in [0.2, 0.25) is 0 Å². The Balaban J connectivity index is 1.83. The molecular formula is C14H18N2O4S. The van der Waals surface area contributed by atoms with E-state index in [9.17, 15) is 9.59 Å². The van der Waals surface area contributed by atoms with Gasteiger partial charge in [0.2, 0.25) is 5.88 Å². The van der Waals surface area contributed by atoms with Crippen LogP contribution < -0.4 is 10.1 Å². The van der Waals surface area contributed by atoms with Crippen molar-refractivity contribution in [3.8, 4) is 5.88 Å². The van der Waals surface area contributed by atoms with Gasteiger partial charge in [-0.15, -0.1) is 0 Å². The van der Waals surface area contributed by atoms with Crippen molar-refractivity contribution in [1.82, 2.24) is 10.3 Å². The lowest BCUT2D eigenvalue weighted by Crippen LogP contribution is -2.30. The van der Waals surface area contributed by atoms with Gasteiger partial charge in [0.25, 0.3) is 5.91 Å².